The fraction of sp³-hybridized carbons (Fsp3) is 0.385. The summed E-state index contributed by atoms with van der Waals surface area (Å²) in [6.07, 6.45) is 3.12. The second-order valence-electron chi connectivity index (χ2n) is 9.78. The number of rotatable bonds is 6. The van der Waals surface area contributed by atoms with E-state index in [4.69, 9.17) is 0 Å². The van der Waals surface area contributed by atoms with Gasteiger partial charge in [-0.05, 0) is 40.2 Å². The molecule has 31 heavy (non-hydrogen) atoms. The van der Waals surface area contributed by atoms with Crippen molar-refractivity contribution >= 4 is 17.9 Å². The number of hydrogen-bond acceptors (Lipinski definition) is 3. The molecule has 3 N–H and O–H groups in total. The van der Waals surface area contributed by atoms with Gasteiger partial charge in [0.2, 0.25) is 11.8 Å². The highest BCUT2D eigenvalue weighted by atomic mass is 16.3. The average molecular weight is 423 g/mol. The number of benzene rings is 2. The van der Waals surface area contributed by atoms with Crippen LogP contribution in [-0.2, 0) is 27.0 Å². The van der Waals surface area contributed by atoms with Crippen LogP contribution >= 0.6 is 0 Å². The topological polar surface area (TPSA) is 78.4 Å². The summed E-state index contributed by atoms with van der Waals surface area (Å²) >= 11 is 0. The predicted molar refractivity (Wildman–Crippen MR) is 126 cm³/mol. The van der Waals surface area contributed by atoms with Crippen LogP contribution in [0, 0.1) is 0 Å². The van der Waals surface area contributed by atoms with Gasteiger partial charge in [-0.2, -0.15) is 0 Å². The van der Waals surface area contributed by atoms with Gasteiger partial charge in [0.05, 0.1) is 6.54 Å². The van der Waals surface area contributed by atoms with Crippen LogP contribution in [0.4, 0.5) is 0 Å². The maximum Gasteiger partial charge on any atom is 0.244 e. The van der Waals surface area contributed by atoms with Crippen LogP contribution in [0.25, 0.3) is 6.08 Å². The maximum absolute atomic E-state index is 12.2. The van der Waals surface area contributed by atoms with Crippen LogP contribution in [0.3, 0.4) is 0 Å². The number of carbonyl (C=O) groups is 2. The van der Waals surface area contributed by atoms with E-state index < -0.39 is 0 Å². The van der Waals surface area contributed by atoms with Gasteiger partial charge in [0.25, 0.3) is 0 Å². The summed E-state index contributed by atoms with van der Waals surface area (Å²) in [5.74, 6) is -0.297. The van der Waals surface area contributed by atoms with Crippen LogP contribution in [0.1, 0.15) is 63.8 Å². The minimum Gasteiger partial charge on any atom is -0.507 e. The van der Waals surface area contributed by atoms with Crippen molar-refractivity contribution in [1.29, 1.82) is 0 Å². The summed E-state index contributed by atoms with van der Waals surface area (Å²) in [5.41, 5.74) is 3.01. The zero-order valence-corrected chi connectivity index (χ0v) is 19.4. The van der Waals surface area contributed by atoms with E-state index in [-0.39, 0.29) is 29.2 Å². The summed E-state index contributed by atoms with van der Waals surface area (Å²) in [5, 5.41) is 16.2. The lowest BCUT2D eigenvalue weighted by Crippen LogP contribution is -2.35. The molecular formula is C26H34N2O3. The lowest BCUT2D eigenvalue weighted by Gasteiger charge is -2.27. The van der Waals surface area contributed by atoms with E-state index in [1.807, 2.05) is 84.0 Å². The van der Waals surface area contributed by atoms with Gasteiger partial charge in [-0.3, -0.25) is 9.59 Å². The minimum atomic E-state index is -0.349. The highest BCUT2D eigenvalue weighted by Gasteiger charge is 2.26. The molecule has 0 unspecified atom stereocenters. The number of aromatic hydroxyl groups is 1. The normalized spacial score (nSPS) is 12.1. The Morgan fingerprint density at radius 3 is 1.97 bits per heavy atom. The maximum atomic E-state index is 12.2. The van der Waals surface area contributed by atoms with Crippen molar-refractivity contribution in [3.05, 3.63) is 70.8 Å². The van der Waals surface area contributed by atoms with Gasteiger partial charge < -0.3 is 15.7 Å². The first-order valence-electron chi connectivity index (χ1n) is 10.5. The smallest absolute Gasteiger partial charge is 0.244 e. The highest BCUT2D eigenvalue weighted by Crippen LogP contribution is 2.39. The van der Waals surface area contributed by atoms with Crippen molar-refractivity contribution in [2.75, 3.05) is 6.54 Å². The standard InChI is InChI=1S/C26H34N2O3/c1-25(2,3)20-14-19(15-21(24(20)31)26(4,5)6)12-13-22(29)28-17-23(30)27-16-18-10-8-7-9-11-18/h7-15,31H,16-17H2,1-6H3,(H,27,30)(H,28,29)/b13-12+. The molecule has 0 aliphatic carbocycles. The Morgan fingerprint density at radius 2 is 1.45 bits per heavy atom. The molecule has 0 aromatic heterocycles. The second kappa shape index (κ2) is 9.82. The van der Waals surface area contributed by atoms with Gasteiger partial charge in [-0.1, -0.05) is 71.9 Å². The predicted octanol–water partition coefficient (Wildman–Crippen LogP) is 4.43. The highest BCUT2D eigenvalue weighted by molar-refractivity contribution is 5.94. The first-order chi connectivity index (χ1) is 14.4. The number of amides is 2. The third-order valence-electron chi connectivity index (χ3n) is 4.93. The first-order valence-corrected chi connectivity index (χ1v) is 10.5. The molecule has 2 amide bonds. The van der Waals surface area contributed by atoms with Gasteiger partial charge in [0, 0.05) is 23.7 Å². The van der Waals surface area contributed by atoms with Crippen molar-refractivity contribution in [3.8, 4) is 5.75 Å². The van der Waals surface area contributed by atoms with Crippen molar-refractivity contribution in [2.24, 2.45) is 0 Å². The first kappa shape index (κ1) is 24.2. The van der Waals surface area contributed by atoms with Crippen molar-refractivity contribution in [3.63, 3.8) is 0 Å². The number of phenols is 1. The monoisotopic (exact) mass is 422 g/mol. The molecule has 0 spiro atoms. The van der Waals surface area contributed by atoms with E-state index in [1.165, 1.54) is 6.08 Å². The fourth-order valence-electron chi connectivity index (χ4n) is 3.15. The van der Waals surface area contributed by atoms with E-state index in [0.29, 0.717) is 12.3 Å². The molecule has 0 heterocycles. The Hall–Kier alpha value is -3.08. The molecule has 2 aromatic carbocycles. The van der Waals surface area contributed by atoms with Crippen LogP contribution in [0.5, 0.6) is 5.75 Å². The molecule has 0 fully saturated rings. The minimum absolute atomic E-state index is 0.0912. The quantitative estimate of drug-likeness (QED) is 0.603. The largest absolute Gasteiger partial charge is 0.507 e. The number of hydrogen-bond donors (Lipinski definition) is 3. The van der Waals surface area contributed by atoms with E-state index in [2.05, 4.69) is 10.6 Å². The van der Waals surface area contributed by atoms with Crippen molar-refractivity contribution in [2.45, 2.75) is 58.9 Å². The molecular weight excluding hydrogens is 388 g/mol. The van der Waals surface area contributed by atoms with Crippen LogP contribution < -0.4 is 10.6 Å². The van der Waals surface area contributed by atoms with Crippen molar-refractivity contribution in [1.82, 2.24) is 10.6 Å². The molecule has 5 nitrogen and oxygen atoms in total. The summed E-state index contributed by atoms with van der Waals surface area (Å²) in [6, 6.07) is 13.4. The van der Waals surface area contributed by atoms with E-state index in [1.54, 1.807) is 6.08 Å². The molecule has 166 valence electrons. The zero-order valence-electron chi connectivity index (χ0n) is 19.4. The van der Waals surface area contributed by atoms with Gasteiger partial charge in [-0.25, -0.2) is 0 Å². The number of carbonyl (C=O) groups excluding carboxylic acids is 2. The van der Waals surface area contributed by atoms with Crippen LogP contribution in [0.15, 0.2) is 48.5 Å². The Kier molecular flexibility index (Phi) is 7.66. The Balaban J connectivity index is 2.03. The molecule has 5 heteroatoms. The molecule has 2 aromatic rings. The lowest BCUT2D eigenvalue weighted by atomic mass is 9.78. The second-order valence-corrected chi connectivity index (χ2v) is 9.78. The summed E-state index contributed by atoms with van der Waals surface area (Å²) in [6.45, 7) is 12.6. The summed E-state index contributed by atoms with van der Waals surface area (Å²) in [7, 11) is 0. The SMILES string of the molecule is CC(C)(C)c1cc(/C=C/C(=O)NCC(=O)NCc2ccccc2)cc(C(C)(C)C)c1O. The molecule has 0 aliphatic heterocycles. The molecule has 0 aliphatic rings. The van der Waals surface area contributed by atoms with E-state index >= 15 is 0 Å². The number of phenolic OH excluding ortho intramolecular Hbond substituents is 1. The van der Waals surface area contributed by atoms with Gasteiger partial charge in [0.1, 0.15) is 5.75 Å². The molecule has 0 atom stereocenters. The van der Waals surface area contributed by atoms with E-state index in [0.717, 1.165) is 22.3 Å². The summed E-state index contributed by atoms with van der Waals surface area (Å²) in [4.78, 5) is 24.2. The third kappa shape index (κ3) is 7.28. The van der Waals surface area contributed by atoms with Crippen LogP contribution in [-0.4, -0.2) is 23.5 Å². The molecule has 0 saturated carbocycles. The molecule has 2 rings (SSSR count). The van der Waals surface area contributed by atoms with Gasteiger partial charge in [0.15, 0.2) is 0 Å². The zero-order chi connectivity index (χ0) is 23.2. The molecule has 0 saturated heterocycles. The lowest BCUT2D eigenvalue weighted by molar-refractivity contribution is -0.124. The third-order valence-corrected chi connectivity index (χ3v) is 4.93. The summed E-state index contributed by atoms with van der Waals surface area (Å²) < 4.78 is 0. The van der Waals surface area contributed by atoms with Crippen molar-refractivity contribution < 1.29 is 14.7 Å². The number of nitrogens with one attached hydrogen (secondary N) is 2. The van der Waals surface area contributed by atoms with Gasteiger partial charge >= 0.3 is 0 Å². The fourth-order valence-corrected chi connectivity index (χ4v) is 3.15. The Morgan fingerprint density at radius 1 is 0.903 bits per heavy atom. The Labute approximate surface area is 185 Å². The van der Waals surface area contributed by atoms with Crippen LogP contribution in [0.2, 0.25) is 0 Å². The molecule has 0 bridgehead atoms. The average Bonchev–Trinajstić information content (AvgIpc) is 2.68. The van der Waals surface area contributed by atoms with Gasteiger partial charge in [-0.15, -0.1) is 0 Å². The van der Waals surface area contributed by atoms with E-state index in [9.17, 15) is 14.7 Å². The Bertz CT molecular complexity index is 914. The molecule has 0 radical (unpaired) electrons.